The van der Waals surface area contributed by atoms with Crippen molar-refractivity contribution in [3.05, 3.63) is 29.6 Å². The van der Waals surface area contributed by atoms with Gasteiger partial charge in [0, 0.05) is 6.04 Å². The van der Waals surface area contributed by atoms with Gasteiger partial charge in [0.1, 0.15) is 5.82 Å². The minimum Gasteiger partial charge on any atom is -0.323 e. The van der Waals surface area contributed by atoms with Crippen LogP contribution in [0.25, 0.3) is 11.0 Å². The second-order valence-corrected chi connectivity index (χ2v) is 6.07. The number of benzene rings is 1. The van der Waals surface area contributed by atoms with Crippen molar-refractivity contribution in [2.45, 2.75) is 45.0 Å². The normalized spacial score (nSPS) is 24.4. The zero-order valence-corrected chi connectivity index (χ0v) is 11.9. The predicted molar refractivity (Wildman–Crippen MR) is 76.2 cm³/mol. The van der Waals surface area contributed by atoms with Crippen LogP contribution in [0.4, 0.5) is 0 Å². The summed E-state index contributed by atoms with van der Waals surface area (Å²) in [7, 11) is 0. The van der Waals surface area contributed by atoms with Gasteiger partial charge in [-0.15, -0.1) is 11.6 Å². The van der Waals surface area contributed by atoms with Gasteiger partial charge in [-0.1, -0.05) is 19.4 Å². The molecule has 1 saturated carbocycles. The molecule has 0 bridgehead atoms. The topological polar surface area (TPSA) is 17.8 Å². The number of fused-ring (bicyclic) bond motifs is 1. The van der Waals surface area contributed by atoms with Crippen molar-refractivity contribution in [2.75, 3.05) is 0 Å². The highest BCUT2D eigenvalue weighted by Gasteiger charge is 2.39. The second-order valence-electron chi connectivity index (χ2n) is 5.42. The smallest absolute Gasteiger partial charge is 0.127 e. The molecule has 0 saturated heterocycles. The molecule has 3 unspecified atom stereocenters. The number of aryl methyl sites for hydroxylation is 1. The van der Waals surface area contributed by atoms with E-state index in [0.717, 1.165) is 17.3 Å². The first-order chi connectivity index (χ1) is 8.61. The lowest BCUT2D eigenvalue weighted by atomic mass is 10.2. The molecule has 0 aliphatic heterocycles. The minimum absolute atomic E-state index is 0.0317. The van der Waals surface area contributed by atoms with E-state index in [9.17, 15) is 0 Å². The summed E-state index contributed by atoms with van der Waals surface area (Å²) < 4.78 is 2.38. The van der Waals surface area contributed by atoms with Crippen LogP contribution in [0.2, 0.25) is 0 Å². The van der Waals surface area contributed by atoms with Gasteiger partial charge < -0.3 is 4.57 Å². The average Bonchev–Trinajstić information content (AvgIpc) is 3.01. The van der Waals surface area contributed by atoms with Gasteiger partial charge in [-0.2, -0.15) is 0 Å². The lowest BCUT2D eigenvalue weighted by molar-refractivity contribution is 0.624. The van der Waals surface area contributed by atoms with E-state index in [2.05, 4.69) is 36.6 Å². The van der Waals surface area contributed by atoms with E-state index < -0.39 is 0 Å². The SMILES string of the molecule is CCC1CC1n1c(C(C)Cl)nc2ccc(C)cc21. The summed E-state index contributed by atoms with van der Waals surface area (Å²) in [4.78, 5) is 4.71. The second kappa shape index (κ2) is 4.27. The fourth-order valence-corrected chi connectivity index (χ4v) is 2.99. The molecule has 3 atom stereocenters. The highest BCUT2D eigenvalue weighted by molar-refractivity contribution is 6.20. The summed E-state index contributed by atoms with van der Waals surface area (Å²) in [6, 6.07) is 7.06. The first-order valence-corrected chi connectivity index (χ1v) is 7.18. The summed E-state index contributed by atoms with van der Waals surface area (Å²) in [5.74, 6) is 1.83. The molecule has 18 heavy (non-hydrogen) atoms. The van der Waals surface area contributed by atoms with Crippen molar-refractivity contribution < 1.29 is 0 Å². The van der Waals surface area contributed by atoms with Crippen molar-refractivity contribution >= 4 is 22.6 Å². The maximum Gasteiger partial charge on any atom is 0.127 e. The number of nitrogens with zero attached hydrogens (tertiary/aromatic N) is 2. The Morgan fingerprint density at radius 1 is 1.50 bits per heavy atom. The standard InChI is InChI=1S/C15H19ClN2/c1-4-11-8-13(11)18-14-7-9(2)5-6-12(14)17-15(18)10(3)16/h5-7,10-11,13H,4,8H2,1-3H3. The Morgan fingerprint density at radius 2 is 2.28 bits per heavy atom. The first-order valence-electron chi connectivity index (χ1n) is 6.74. The molecule has 1 aliphatic carbocycles. The number of aromatic nitrogens is 2. The fourth-order valence-electron chi connectivity index (χ4n) is 2.84. The molecule has 1 aliphatic rings. The Hall–Kier alpha value is -1.02. The third-order valence-corrected chi connectivity index (χ3v) is 4.16. The molecule has 1 fully saturated rings. The van der Waals surface area contributed by atoms with Gasteiger partial charge in [-0.05, 0) is 43.9 Å². The zero-order valence-electron chi connectivity index (χ0n) is 11.2. The largest absolute Gasteiger partial charge is 0.323 e. The number of hydrogen-bond donors (Lipinski definition) is 0. The van der Waals surface area contributed by atoms with Gasteiger partial charge >= 0.3 is 0 Å². The van der Waals surface area contributed by atoms with E-state index in [1.54, 1.807) is 0 Å². The van der Waals surface area contributed by atoms with Crippen LogP contribution in [0.3, 0.4) is 0 Å². The molecule has 0 spiro atoms. The Bertz CT molecular complexity index is 585. The summed E-state index contributed by atoms with van der Waals surface area (Å²) in [6.45, 7) is 6.40. The van der Waals surface area contributed by atoms with Crippen molar-refractivity contribution in [3.63, 3.8) is 0 Å². The van der Waals surface area contributed by atoms with E-state index in [1.807, 2.05) is 6.92 Å². The third-order valence-electron chi connectivity index (χ3n) is 3.97. The van der Waals surface area contributed by atoms with Crippen LogP contribution in [0.1, 0.15) is 49.5 Å². The number of imidazole rings is 1. The van der Waals surface area contributed by atoms with Crippen LogP contribution in [0.5, 0.6) is 0 Å². The van der Waals surface area contributed by atoms with Crippen molar-refractivity contribution in [1.82, 2.24) is 9.55 Å². The molecule has 3 rings (SSSR count). The molecular formula is C15H19ClN2. The van der Waals surface area contributed by atoms with Gasteiger partial charge in [-0.3, -0.25) is 0 Å². The lowest BCUT2D eigenvalue weighted by Crippen LogP contribution is -2.03. The molecule has 1 aromatic heterocycles. The maximum atomic E-state index is 6.30. The van der Waals surface area contributed by atoms with Crippen LogP contribution in [0.15, 0.2) is 18.2 Å². The highest BCUT2D eigenvalue weighted by atomic mass is 35.5. The van der Waals surface area contributed by atoms with E-state index in [-0.39, 0.29) is 5.38 Å². The van der Waals surface area contributed by atoms with E-state index in [0.29, 0.717) is 6.04 Å². The molecule has 3 heteroatoms. The number of halogens is 1. The average molecular weight is 263 g/mol. The van der Waals surface area contributed by atoms with Gasteiger partial charge in [-0.25, -0.2) is 4.98 Å². The lowest BCUT2D eigenvalue weighted by Gasteiger charge is -2.10. The van der Waals surface area contributed by atoms with Crippen molar-refractivity contribution in [2.24, 2.45) is 5.92 Å². The summed E-state index contributed by atoms with van der Waals surface area (Å²) in [5.41, 5.74) is 3.61. The summed E-state index contributed by atoms with van der Waals surface area (Å²) in [5, 5.41) is -0.0317. The summed E-state index contributed by atoms with van der Waals surface area (Å²) in [6.07, 6.45) is 2.51. The predicted octanol–water partition coefficient (Wildman–Crippen LogP) is 4.62. The van der Waals surface area contributed by atoms with Gasteiger partial charge in [0.25, 0.3) is 0 Å². The molecule has 0 amide bonds. The fraction of sp³-hybridized carbons (Fsp3) is 0.533. The van der Waals surface area contributed by atoms with Crippen molar-refractivity contribution in [1.29, 1.82) is 0 Å². The van der Waals surface area contributed by atoms with Crippen LogP contribution in [-0.2, 0) is 0 Å². The third kappa shape index (κ3) is 1.83. The van der Waals surface area contributed by atoms with Gasteiger partial charge in [0.2, 0.25) is 0 Å². The van der Waals surface area contributed by atoms with Crippen LogP contribution in [0, 0.1) is 12.8 Å². The molecule has 96 valence electrons. The molecule has 2 nitrogen and oxygen atoms in total. The minimum atomic E-state index is -0.0317. The number of alkyl halides is 1. The van der Waals surface area contributed by atoms with E-state index in [1.165, 1.54) is 23.9 Å². The number of hydrogen-bond acceptors (Lipinski definition) is 1. The highest BCUT2D eigenvalue weighted by Crippen LogP contribution is 2.48. The van der Waals surface area contributed by atoms with Crippen LogP contribution >= 0.6 is 11.6 Å². The molecule has 1 aromatic carbocycles. The molecular weight excluding hydrogens is 244 g/mol. The monoisotopic (exact) mass is 262 g/mol. The Labute approximate surface area is 113 Å². The molecule has 0 N–H and O–H groups in total. The molecule has 2 aromatic rings. The Balaban J connectivity index is 2.18. The van der Waals surface area contributed by atoms with Gasteiger partial charge in [0.15, 0.2) is 0 Å². The van der Waals surface area contributed by atoms with E-state index >= 15 is 0 Å². The molecule has 1 heterocycles. The van der Waals surface area contributed by atoms with Crippen molar-refractivity contribution in [3.8, 4) is 0 Å². The van der Waals surface area contributed by atoms with Gasteiger partial charge in [0.05, 0.1) is 16.4 Å². The number of rotatable bonds is 3. The quantitative estimate of drug-likeness (QED) is 0.739. The van der Waals surface area contributed by atoms with E-state index in [4.69, 9.17) is 16.6 Å². The zero-order chi connectivity index (χ0) is 12.9. The first kappa shape index (κ1) is 12.0. The van der Waals surface area contributed by atoms with Crippen LogP contribution < -0.4 is 0 Å². The maximum absolute atomic E-state index is 6.30. The summed E-state index contributed by atoms with van der Waals surface area (Å²) >= 11 is 6.30. The Kier molecular flexibility index (Phi) is 2.86. The Morgan fingerprint density at radius 3 is 2.89 bits per heavy atom. The molecule has 0 radical (unpaired) electrons. The van der Waals surface area contributed by atoms with Crippen LogP contribution in [-0.4, -0.2) is 9.55 Å².